The molecular formula is C21H16N2O5S. The van der Waals surface area contributed by atoms with Crippen molar-refractivity contribution in [3.8, 4) is 11.5 Å². The van der Waals surface area contributed by atoms with Crippen molar-refractivity contribution in [2.24, 2.45) is 0 Å². The Labute approximate surface area is 167 Å². The maximum Gasteiger partial charge on any atom is 0.269 e. The molecule has 3 aromatic carbocycles. The molecule has 0 spiro atoms. The first-order chi connectivity index (χ1) is 13.9. The largest absolute Gasteiger partial charge is 0.457 e. The first-order valence-electron chi connectivity index (χ1n) is 8.74. The number of carbonyl (C=O) groups is 2. The van der Waals surface area contributed by atoms with E-state index < -0.39 is 28.4 Å². The number of sulfonamides is 1. The molecule has 1 aliphatic heterocycles. The van der Waals surface area contributed by atoms with Crippen LogP contribution in [0.3, 0.4) is 0 Å². The Morgan fingerprint density at radius 2 is 1.59 bits per heavy atom. The molecule has 0 radical (unpaired) electrons. The van der Waals surface area contributed by atoms with Gasteiger partial charge in [-0.2, -0.15) is 0 Å². The van der Waals surface area contributed by atoms with E-state index in [9.17, 15) is 18.0 Å². The minimum atomic E-state index is -4.03. The van der Waals surface area contributed by atoms with Crippen LogP contribution in [-0.2, 0) is 14.8 Å². The average Bonchev–Trinajstić information content (AvgIpc) is 2.90. The van der Waals surface area contributed by atoms with Gasteiger partial charge in [-0.25, -0.2) is 12.7 Å². The second-order valence-electron chi connectivity index (χ2n) is 6.30. The summed E-state index contributed by atoms with van der Waals surface area (Å²) in [6.45, 7) is -0.611. The van der Waals surface area contributed by atoms with Crippen LogP contribution < -0.4 is 10.1 Å². The number of carbonyl (C=O) groups excluding carboxylic acids is 2. The van der Waals surface area contributed by atoms with Crippen LogP contribution in [0.4, 0.5) is 5.69 Å². The van der Waals surface area contributed by atoms with E-state index in [0.29, 0.717) is 21.5 Å². The second kappa shape index (κ2) is 7.40. The summed E-state index contributed by atoms with van der Waals surface area (Å²) >= 11 is 0. The van der Waals surface area contributed by atoms with Crippen molar-refractivity contribution in [1.82, 2.24) is 4.31 Å². The van der Waals surface area contributed by atoms with E-state index in [0.717, 1.165) is 0 Å². The maximum atomic E-state index is 12.5. The number of ether oxygens (including phenoxy) is 1. The van der Waals surface area contributed by atoms with Gasteiger partial charge in [-0.15, -0.1) is 0 Å². The van der Waals surface area contributed by atoms with Crippen molar-refractivity contribution in [3.05, 3.63) is 84.4 Å². The predicted octanol–water partition coefficient (Wildman–Crippen LogP) is 3.26. The second-order valence-corrected chi connectivity index (χ2v) is 8.13. The Balaban J connectivity index is 1.47. The highest BCUT2D eigenvalue weighted by atomic mass is 32.2. The summed E-state index contributed by atoms with van der Waals surface area (Å²) in [5.74, 6) is -0.197. The molecule has 29 heavy (non-hydrogen) atoms. The van der Waals surface area contributed by atoms with Crippen LogP contribution in [0.5, 0.6) is 11.5 Å². The Kier molecular flexibility index (Phi) is 4.77. The molecule has 1 heterocycles. The number of nitrogens with zero attached hydrogens (tertiary/aromatic N) is 1. The summed E-state index contributed by atoms with van der Waals surface area (Å²) in [5.41, 5.74) is 0.489. The molecule has 0 aliphatic carbocycles. The lowest BCUT2D eigenvalue weighted by Gasteiger charge is -2.15. The highest BCUT2D eigenvalue weighted by Gasteiger charge is 2.41. The van der Waals surface area contributed by atoms with Crippen molar-refractivity contribution in [1.29, 1.82) is 0 Å². The van der Waals surface area contributed by atoms with Crippen LogP contribution in [-0.4, -0.2) is 31.1 Å². The number of para-hydroxylation sites is 1. The van der Waals surface area contributed by atoms with Gasteiger partial charge in [0, 0.05) is 11.8 Å². The molecule has 146 valence electrons. The third kappa shape index (κ3) is 3.70. The number of rotatable bonds is 5. The van der Waals surface area contributed by atoms with Crippen molar-refractivity contribution < 1.29 is 22.7 Å². The quantitative estimate of drug-likeness (QED) is 0.700. The fourth-order valence-electron chi connectivity index (χ4n) is 2.98. The van der Waals surface area contributed by atoms with Gasteiger partial charge in [0.15, 0.2) is 0 Å². The normalized spacial score (nSPS) is 14.3. The Bertz CT molecular complexity index is 1190. The molecular weight excluding hydrogens is 392 g/mol. The van der Waals surface area contributed by atoms with Gasteiger partial charge in [0.1, 0.15) is 22.9 Å². The van der Waals surface area contributed by atoms with Crippen LogP contribution in [0.15, 0.2) is 83.8 Å². The number of anilines is 1. The average molecular weight is 408 g/mol. The topological polar surface area (TPSA) is 92.8 Å². The van der Waals surface area contributed by atoms with E-state index in [-0.39, 0.29) is 10.5 Å². The molecule has 0 atom stereocenters. The van der Waals surface area contributed by atoms with Crippen molar-refractivity contribution in [2.75, 3.05) is 11.9 Å². The van der Waals surface area contributed by atoms with Crippen molar-refractivity contribution >= 4 is 27.5 Å². The number of hydrogen-bond donors (Lipinski definition) is 1. The Morgan fingerprint density at radius 3 is 2.34 bits per heavy atom. The SMILES string of the molecule is O=C(CN1C(=O)c2ccccc2S1(=O)=O)Nc1cccc(Oc2ccccc2)c1. The van der Waals surface area contributed by atoms with Crippen LogP contribution >= 0.6 is 0 Å². The van der Waals surface area contributed by atoms with Crippen LogP contribution in [0.2, 0.25) is 0 Å². The lowest BCUT2D eigenvalue weighted by molar-refractivity contribution is -0.116. The highest BCUT2D eigenvalue weighted by molar-refractivity contribution is 7.90. The zero-order valence-electron chi connectivity index (χ0n) is 15.1. The van der Waals surface area contributed by atoms with E-state index in [1.807, 2.05) is 18.2 Å². The lowest BCUT2D eigenvalue weighted by atomic mass is 10.2. The van der Waals surface area contributed by atoms with Gasteiger partial charge in [0.05, 0.1) is 5.56 Å². The summed E-state index contributed by atoms with van der Waals surface area (Å²) in [7, 11) is -4.03. The third-order valence-corrected chi connectivity index (χ3v) is 6.08. The van der Waals surface area contributed by atoms with E-state index in [2.05, 4.69) is 5.32 Å². The van der Waals surface area contributed by atoms with E-state index >= 15 is 0 Å². The molecule has 1 N–H and O–H groups in total. The Hall–Kier alpha value is -3.65. The first-order valence-corrected chi connectivity index (χ1v) is 10.2. The van der Waals surface area contributed by atoms with Crippen LogP contribution in [0.25, 0.3) is 0 Å². The first kappa shape index (κ1) is 18.7. The zero-order chi connectivity index (χ0) is 20.4. The molecule has 0 unspecified atom stereocenters. The van der Waals surface area contributed by atoms with Crippen molar-refractivity contribution in [3.63, 3.8) is 0 Å². The van der Waals surface area contributed by atoms with Crippen LogP contribution in [0, 0.1) is 0 Å². The number of hydrogen-bond acceptors (Lipinski definition) is 5. The standard InChI is InChI=1S/C21H16N2O5S/c24-20(14-23-21(25)18-11-4-5-12-19(18)29(23,26)27)22-15-7-6-10-17(13-15)28-16-8-2-1-3-9-16/h1-13H,14H2,(H,22,24). The summed E-state index contributed by atoms with van der Waals surface area (Å²) < 4.78 is 31.4. The van der Waals surface area contributed by atoms with Gasteiger partial charge in [-0.05, 0) is 36.4 Å². The molecule has 7 nitrogen and oxygen atoms in total. The lowest BCUT2D eigenvalue weighted by Crippen LogP contribution is -2.37. The molecule has 0 bridgehead atoms. The summed E-state index contributed by atoms with van der Waals surface area (Å²) in [6.07, 6.45) is 0. The molecule has 8 heteroatoms. The fraction of sp³-hybridized carbons (Fsp3) is 0.0476. The summed E-state index contributed by atoms with van der Waals surface area (Å²) in [4.78, 5) is 24.7. The van der Waals surface area contributed by atoms with Crippen LogP contribution in [0.1, 0.15) is 10.4 Å². The van der Waals surface area contributed by atoms with Gasteiger partial charge >= 0.3 is 0 Å². The fourth-order valence-corrected chi connectivity index (χ4v) is 4.51. The predicted molar refractivity (Wildman–Crippen MR) is 106 cm³/mol. The molecule has 4 rings (SSSR count). The minimum absolute atomic E-state index is 0.0681. The van der Waals surface area contributed by atoms with E-state index in [1.54, 1.807) is 42.5 Å². The molecule has 0 saturated carbocycles. The number of nitrogens with one attached hydrogen (secondary N) is 1. The van der Waals surface area contributed by atoms with Gasteiger partial charge in [-0.3, -0.25) is 9.59 Å². The van der Waals surface area contributed by atoms with Gasteiger partial charge in [-0.1, -0.05) is 36.4 Å². The number of benzene rings is 3. The summed E-state index contributed by atoms with van der Waals surface area (Å²) in [5, 5.41) is 2.60. The third-order valence-electron chi connectivity index (χ3n) is 4.30. The maximum absolute atomic E-state index is 12.5. The molecule has 0 fully saturated rings. The van der Waals surface area contributed by atoms with E-state index in [1.165, 1.54) is 18.2 Å². The molecule has 2 amide bonds. The molecule has 3 aromatic rings. The van der Waals surface area contributed by atoms with Gasteiger partial charge in [0.25, 0.3) is 15.9 Å². The van der Waals surface area contributed by atoms with Gasteiger partial charge in [0.2, 0.25) is 5.91 Å². The molecule has 1 aliphatic rings. The smallest absolute Gasteiger partial charge is 0.269 e. The molecule has 0 aromatic heterocycles. The minimum Gasteiger partial charge on any atom is -0.457 e. The monoisotopic (exact) mass is 408 g/mol. The summed E-state index contributed by atoms with van der Waals surface area (Å²) in [6, 6.07) is 21.7. The molecule has 0 saturated heterocycles. The zero-order valence-corrected chi connectivity index (χ0v) is 15.9. The van der Waals surface area contributed by atoms with E-state index in [4.69, 9.17) is 4.74 Å². The number of amides is 2. The van der Waals surface area contributed by atoms with Gasteiger partial charge < -0.3 is 10.1 Å². The Morgan fingerprint density at radius 1 is 0.897 bits per heavy atom. The number of fused-ring (bicyclic) bond motifs is 1. The van der Waals surface area contributed by atoms with Crippen molar-refractivity contribution in [2.45, 2.75) is 4.90 Å². The highest BCUT2D eigenvalue weighted by Crippen LogP contribution is 2.30.